The number of hydrogen-bond acceptors (Lipinski definition) is 1. The van der Waals surface area contributed by atoms with E-state index in [1.165, 1.54) is 0 Å². The molecule has 0 fully saturated rings. The van der Waals surface area contributed by atoms with Crippen LogP contribution in [-0.4, -0.2) is 29.8 Å². The number of hydrogen-bond donors (Lipinski definition) is 0. The summed E-state index contributed by atoms with van der Waals surface area (Å²) in [6.45, 7) is 1.92. The largest absolute Gasteiger partial charge is 0.338 e. The highest BCUT2D eigenvalue weighted by Crippen LogP contribution is 2.06. The Balaban J connectivity index is 2.76. The molecule has 0 aliphatic rings. The molecule has 0 aliphatic heterocycles. The summed E-state index contributed by atoms with van der Waals surface area (Å²) in [4.78, 5) is 13.5. The van der Waals surface area contributed by atoms with Gasteiger partial charge < -0.3 is 4.90 Å². The molecule has 0 bridgehead atoms. The molecule has 76 valence electrons. The molecule has 0 saturated heterocycles. The van der Waals surface area contributed by atoms with E-state index in [2.05, 4.69) is 0 Å². The van der Waals surface area contributed by atoms with Gasteiger partial charge in [-0.1, -0.05) is 18.2 Å². The Morgan fingerprint density at radius 2 is 2.00 bits per heavy atom. The van der Waals surface area contributed by atoms with Gasteiger partial charge in [0.05, 0.1) is 0 Å². The maximum atomic E-state index is 11.8. The molecule has 3 heteroatoms. The molecular formula is C11H14ClNO. The summed E-state index contributed by atoms with van der Waals surface area (Å²) in [7, 11) is 1.77. The second-order valence-corrected chi connectivity index (χ2v) is 3.59. The van der Waals surface area contributed by atoms with Gasteiger partial charge in [0.15, 0.2) is 0 Å². The second-order valence-electron chi connectivity index (χ2n) is 3.29. The fourth-order valence-electron chi connectivity index (χ4n) is 1.09. The Morgan fingerprint density at radius 1 is 1.43 bits per heavy atom. The lowest BCUT2D eigenvalue weighted by Gasteiger charge is -2.22. The second kappa shape index (κ2) is 5.01. The van der Waals surface area contributed by atoms with E-state index >= 15 is 0 Å². The van der Waals surface area contributed by atoms with Gasteiger partial charge in [0, 0.05) is 24.5 Å². The fourth-order valence-corrected chi connectivity index (χ4v) is 1.30. The van der Waals surface area contributed by atoms with E-state index in [-0.39, 0.29) is 11.9 Å². The predicted octanol–water partition coefficient (Wildman–Crippen LogP) is 2.39. The molecule has 1 aromatic rings. The van der Waals surface area contributed by atoms with E-state index in [1.54, 1.807) is 24.1 Å². The highest BCUT2D eigenvalue weighted by atomic mass is 35.5. The first-order valence-electron chi connectivity index (χ1n) is 4.55. The number of nitrogens with zero attached hydrogens (tertiary/aromatic N) is 1. The van der Waals surface area contributed by atoms with Crippen molar-refractivity contribution in [3.63, 3.8) is 0 Å². The van der Waals surface area contributed by atoms with Gasteiger partial charge in [0.25, 0.3) is 5.91 Å². The van der Waals surface area contributed by atoms with Crippen molar-refractivity contribution in [2.75, 3.05) is 12.9 Å². The lowest BCUT2D eigenvalue weighted by Crippen LogP contribution is -2.36. The fraction of sp³-hybridized carbons (Fsp3) is 0.364. The Hall–Kier alpha value is -1.02. The first-order chi connectivity index (χ1) is 6.66. The van der Waals surface area contributed by atoms with Gasteiger partial charge in [-0.2, -0.15) is 0 Å². The van der Waals surface area contributed by atoms with Crippen molar-refractivity contribution < 1.29 is 4.79 Å². The zero-order chi connectivity index (χ0) is 10.6. The minimum absolute atomic E-state index is 0.0127. The first-order valence-corrected chi connectivity index (χ1v) is 5.08. The highest BCUT2D eigenvalue weighted by Gasteiger charge is 2.15. The van der Waals surface area contributed by atoms with E-state index in [4.69, 9.17) is 11.6 Å². The van der Waals surface area contributed by atoms with Gasteiger partial charge >= 0.3 is 0 Å². The third kappa shape index (κ3) is 2.48. The van der Waals surface area contributed by atoms with Gasteiger partial charge in [-0.3, -0.25) is 4.79 Å². The van der Waals surface area contributed by atoms with Crippen LogP contribution in [0.4, 0.5) is 0 Å². The lowest BCUT2D eigenvalue weighted by atomic mass is 10.2. The third-order valence-corrected chi connectivity index (χ3v) is 2.67. The normalized spacial score (nSPS) is 12.2. The minimum Gasteiger partial charge on any atom is -0.338 e. The maximum Gasteiger partial charge on any atom is 0.253 e. The average Bonchev–Trinajstić information content (AvgIpc) is 2.27. The Kier molecular flexibility index (Phi) is 3.96. The molecule has 1 unspecified atom stereocenters. The summed E-state index contributed by atoms with van der Waals surface area (Å²) in [5.41, 5.74) is 0.701. The molecular weight excluding hydrogens is 198 g/mol. The van der Waals surface area contributed by atoms with Crippen LogP contribution in [0.5, 0.6) is 0 Å². The van der Waals surface area contributed by atoms with Gasteiger partial charge in [-0.25, -0.2) is 0 Å². The molecule has 1 rings (SSSR count). The number of halogens is 1. The Morgan fingerprint density at radius 3 is 2.50 bits per heavy atom. The van der Waals surface area contributed by atoms with Crippen molar-refractivity contribution in [2.24, 2.45) is 0 Å². The monoisotopic (exact) mass is 211 g/mol. The maximum absolute atomic E-state index is 11.8. The zero-order valence-corrected chi connectivity index (χ0v) is 9.16. The predicted molar refractivity (Wildman–Crippen MR) is 58.7 cm³/mol. The molecule has 0 spiro atoms. The van der Waals surface area contributed by atoms with E-state index in [9.17, 15) is 4.79 Å². The van der Waals surface area contributed by atoms with Crippen LogP contribution in [0.1, 0.15) is 17.3 Å². The Labute approximate surface area is 89.5 Å². The van der Waals surface area contributed by atoms with Gasteiger partial charge in [-0.05, 0) is 19.1 Å². The molecule has 0 heterocycles. The van der Waals surface area contributed by atoms with Gasteiger partial charge in [0.1, 0.15) is 0 Å². The van der Waals surface area contributed by atoms with Gasteiger partial charge in [-0.15, -0.1) is 11.6 Å². The molecule has 1 atom stereocenters. The van der Waals surface area contributed by atoms with Crippen molar-refractivity contribution >= 4 is 17.5 Å². The SMILES string of the molecule is CC(CCl)N(C)C(=O)c1ccccc1. The topological polar surface area (TPSA) is 20.3 Å². The summed E-state index contributed by atoms with van der Waals surface area (Å²) >= 11 is 5.68. The molecule has 0 aromatic heterocycles. The van der Waals surface area contributed by atoms with Crippen LogP contribution < -0.4 is 0 Å². The summed E-state index contributed by atoms with van der Waals surface area (Å²) in [5.74, 6) is 0.466. The molecule has 1 aromatic carbocycles. The number of alkyl halides is 1. The van der Waals surface area contributed by atoms with Crippen LogP contribution in [0.15, 0.2) is 30.3 Å². The number of rotatable bonds is 3. The van der Waals surface area contributed by atoms with Crippen LogP contribution >= 0.6 is 11.6 Å². The van der Waals surface area contributed by atoms with Crippen molar-refractivity contribution in [3.8, 4) is 0 Å². The number of carbonyl (C=O) groups excluding carboxylic acids is 1. The van der Waals surface area contributed by atoms with Crippen molar-refractivity contribution in [2.45, 2.75) is 13.0 Å². The lowest BCUT2D eigenvalue weighted by molar-refractivity contribution is 0.0756. The van der Waals surface area contributed by atoms with Crippen LogP contribution in [0, 0.1) is 0 Å². The molecule has 1 amide bonds. The van der Waals surface area contributed by atoms with E-state index in [0.717, 1.165) is 0 Å². The van der Waals surface area contributed by atoms with E-state index in [0.29, 0.717) is 11.4 Å². The zero-order valence-electron chi connectivity index (χ0n) is 8.40. The standard InChI is InChI=1S/C11H14ClNO/c1-9(8-12)13(2)11(14)10-6-4-3-5-7-10/h3-7,9H,8H2,1-2H3. The van der Waals surface area contributed by atoms with Crippen LogP contribution in [0.3, 0.4) is 0 Å². The van der Waals surface area contributed by atoms with Crippen LogP contribution in [-0.2, 0) is 0 Å². The molecule has 0 radical (unpaired) electrons. The summed E-state index contributed by atoms with van der Waals surface area (Å²) < 4.78 is 0. The molecule has 14 heavy (non-hydrogen) atoms. The van der Waals surface area contributed by atoms with Crippen LogP contribution in [0.2, 0.25) is 0 Å². The number of amides is 1. The highest BCUT2D eigenvalue weighted by molar-refractivity contribution is 6.18. The number of benzene rings is 1. The molecule has 0 N–H and O–H groups in total. The number of carbonyl (C=O) groups is 1. The summed E-state index contributed by atoms with van der Waals surface area (Å²) in [6.07, 6.45) is 0. The smallest absolute Gasteiger partial charge is 0.253 e. The minimum atomic E-state index is 0.0127. The van der Waals surface area contributed by atoms with Crippen molar-refractivity contribution in [3.05, 3.63) is 35.9 Å². The van der Waals surface area contributed by atoms with E-state index in [1.807, 2.05) is 25.1 Å². The third-order valence-electron chi connectivity index (χ3n) is 2.23. The first kappa shape index (κ1) is 11.1. The van der Waals surface area contributed by atoms with Crippen LogP contribution in [0.25, 0.3) is 0 Å². The van der Waals surface area contributed by atoms with E-state index < -0.39 is 0 Å². The Bertz CT molecular complexity index is 299. The molecule has 0 aliphatic carbocycles. The molecule has 0 saturated carbocycles. The van der Waals surface area contributed by atoms with Gasteiger partial charge in [0.2, 0.25) is 0 Å². The summed E-state index contributed by atoms with van der Waals surface area (Å²) in [5, 5.41) is 0. The quantitative estimate of drug-likeness (QED) is 0.704. The average molecular weight is 212 g/mol. The van der Waals surface area contributed by atoms with Crippen molar-refractivity contribution in [1.29, 1.82) is 0 Å². The van der Waals surface area contributed by atoms with Crippen molar-refractivity contribution in [1.82, 2.24) is 4.90 Å². The summed E-state index contributed by atoms with van der Waals surface area (Å²) in [6, 6.07) is 9.27. The molecule has 2 nitrogen and oxygen atoms in total.